The molecule has 0 radical (unpaired) electrons. The van der Waals surface area contributed by atoms with Crippen molar-refractivity contribution in [2.24, 2.45) is 0 Å². The number of likely N-dealkylation sites (tertiary alicyclic amines) is 1. The van der Waals surface area contributed by atoms with E-state index in [-0.39, 0.29) is 6.03 Å². The molecule has 94 valence electrons. The van der Waals surface area contributed by atoms with Crippen LogP contribution in [0.2, 0.25) is 0 Å². The van der Waals surface area contributed by atoms with Crippen LogP contribution >= 0.6 is 0 Å². The van der Waals surface area contributed by atoms with Gasteiger partial charge >= 0.3 is 12.0 Å². The molecular formula is C12H18N2O3. The second-order valence-corrected chi connectivity index (χ2v) is 3.95. The summed E-state index contributed by atoms with van der Waals surface area (Å²) in [6.07, 6.45) is 4.50. The molecule has 0 aliphatic carbocycles. The number of carboxylic acids is 1. The maximum atomic E-state index is 12.1. The fourth-order valence-corrected chi connectivity index (χ4v) is 1.98. The number of hydrogen-bond donors (Lipinski definition) is 1. The van der Waals surface area contributed by atoms with Gasteiger partial charge in [0.15, 0.2) is 0 Å². The topological polar surface area (TPSA) is 60.9 Å². The van der Waals surface area contributed by atoms with Crippen LogP contribution in [-0.2, 0) is 4.79 Å². The molecule has 0 unspecified atom stereocenters. The summed E-state index contributed by atoms with van der Waals surface area (Å²) in [6, 6.07) is -0.950. The van der Waals surface area contributed by atoms with Crippen LogP contribution in [0.5, 0.6) is 0 Å². The Bertz CT molecular complexity index is 318. The number of carboxylic acid groups (broad SMARTS) is 1. The van der Waals surface area contributed by atoms with Crippen LogP contribution in [0.4, 0.5) is 4.79 Å². The van der Waals surface area contributed by atoms with Crippen molar-refractivity contribution in [2.45, 2.75) is 18.9 Å². The first-order valence-corrected chi connectivity index (χ1v) is 5.62. The van der Waals surface area contributed by atoms with Gasteiger partial charge in [0.25, 0.3) is 0 Å². The van der Waals surface area contributed by atoms with Crippen molar-refractivity contribution in [3.63, 3.8) is 0 Å². The predicted octanol–water partition coefficient (Wildman–Crippen LogP) is 1.33. The van der Waals surface area contributed by atoms with E-state index < -0.39 is 12.0 Å². The van der Waals surface area contributed by atoms with Crippen molar-refractivity contribution in [3.8, 4) is 0 Å². The molecule has 0 aromatic heterocycles. The maximum Gasteiger partial charge on any atom is 0.326 e. The van der Waals surface area contributed by atoms with Crippen LogP contribution in [-0.4, -0.2) is 52.6 Å². The van der Waals surface area contributed by atoms with E-state index in [4.69, 9.17) is 5.11 Å². The SMILES string of the molecule is C=CCN(CC=C)C(=O)N1CCC[C@@H]1C(=O)O. The Morgan fingerprint density at radius 1 is 1.35 bits per heavy atom. The predicted molar refractivity (Wildman–Crippen MR) is 64.7 cm³/mol. The molecule has 0 spiro atoms. The molecule has 0 bridgehead atoms. The second kappa shape index (κ2) is 6.08. The molecule has 2 amide bonds. The summed E-state index contributed by atoms with van der Waals surface area (Å²) in [5, 5.41) is 9.02. The first kappa shape index (κ1) is 13.3. The monoisotopic (exact) mass is 238 g/mol. The summed E-state index contributed by atoms with van der Waals surface area (Å²) in [6.45, 7) is 8.46. The highest BCUT2D eigenvalue weighted by Crippen LogP contribution is 2.19. The molecular weight excluding hydrogens is 220 g/mol. The molecule has 0 saturated carbocycles. The Kier molecular flexibility index (Phi) is 4.75. The Hall–Kier alpha value is -1.78. The summed E-state index contributed by atoms with van der Waals surface area (Å²) in [5.74, 6) is -0.937. The molecule has 5 heteroatoms. The lowest BCUT2D eigenvalue weighted by molar-refractivity contribution is -0.141. The van der Waals surface area contributed by atoms with Gasteiger partial charge in [-0.3, -0.25) is 0 Å². The molecule has 1 aliphatic heterocycles. The quantitative estimate of drug-likeness (QED) is 0.735. The van der Waals surface area contributed by atoms with E-state index in [1.807, 2.05) is 0 Å². The smallest absolute Gasteiger partial charge is 0.326 e. The number of carbonyl (C=O) groups excluding carboxylic acids is 1. The number of amides is 2. The number of rotatable bonds is 5. The number of aliphatic carboxylic acids is 1. The van der Waals surface area contributed by atoms with Crippen LogP contribution in [0.1, 0.15) is 12.8 Å². The molecule has 1 N–H and O–H groups in total. The zero-order valence-corrected chi connectivity index (χ0v) is 9.84. The minimum Gasteiger partial charge on any atom is -0.480 e. The molecule has 1 heterocycles. The van der Waals surface area contributed by atoms with Gasteiger partial charge in [0.2, 0.25) is 0 Å². The summed E-state index contributed by atoms with van der Waals surface area (Å²) in [7, 11) is 0. The highest BCUT2D eigenvalue weighted by Gasteiger charge is 2.35. The van der Waals surface area contributed by atoms with Crippen LogP contribution in [0, 0.1) is 0 Å². The molecule has 1 fully saturated rings. The average molecular weight is 238 g/mol. The Morgan fingerprint density at radius 2 is 1.94 bits per heavy atom. The third-order valence-electron chi connectivity index (χ3n) is 2.75. The van der Waals surface area contributed by atoms with Gasteiger partial charge in [0.05, 0.1) is 0 Å². The first-order chi connectivity index (χ1) is 8.11. The molecule has 17 heavy (non-hydrogen) atoms. The standard InChI is InChI=1S/C12H18N2O3/c1-3-7-13(8-4-2)12(17)14-9-5-6-10(14)11(15)16/h3-4,10H,1-2,5-9H2,(H,15,16)/t10-/m1/s1. The number of carbonyl (C=O) groups is 2. The minimum atomic E-state index is -0.937. The van der Waals surface area contributed by atoms with E-state index in [0.29, 0.717) is 26.1 Å². The summed E-state index contributed by atoms with van der Waals surface area (Å²) in [5.41, 5.74) is 0. The van der Waals surface area contributed by atoms with Gasteiger partial charge in [-0.1, -0.05) is 12.2 Å². The fourth-order valence-electron chi connectivity index (χ4n) is 1.98. The van der Waals surface area contributed by atoms with Gasteiger partial charge < -0.3 is 14.9 Å². The summed E-state index contributed by atoms with van der Waals surface area (Å²) in [4.78, 5) is 26.1. The average Bonchev–Trinajstić information content (AvgIpc) is 2.76. The van der Waals surface area contributed by atoms with Crippen LogP contribution in [0.25, 0.3) is 0 Å². The number of urea groups is 1. The number of nitrogens with zero attached hydrogens (tertiary/aromatic N) is 2. The van der Waals surface area contributed by atoms with Crippen molar-refractivity contribution < 1.29 is 14.7 Å². The van der Waals surface area contributed by atoms with Gasteiger partial charge in [-0.15, -0.1) is 13.2 Å². The Labute approximate surface area is 101 Å². The highest BCUT2D eigenvalue weighted by molar-refractivity contribution is 5.83. The third-order valence-corrected chi connectivity index (χ3v) is 2.75. The molecule has 0 aromatic rings. The summed E-state index contributed by atoms with van der Waals surface area (Å²) < 4.78 is 0. The lowest BCUT2D eigenvalue weighted by Gasteiger charge is -2.28. The normalized spacial score (nSPS) is 18.8. The zero-order valence-electron chi connectivity index (χ0n) is 9.84. The van der Waals surface area contributed by atoms with Crippen molar-refractivity contribution in [1.29, 1.82) is 0 Å². The Balaban J connectivity index is 2.74. The molecule has 1 atom stereocenters. The lowest BCUT2D eigenvalue weighted by Crippen LogP contribution is -2.48. The van der Waals surface area contributed by atoms with Crippen molar-refractivity contribution in [3.05, 3.63) is 25.3 Å². The van der Waals surface area contributed by atoms with Crippen LogP contribution in [0.3, 0.4) is 0 Å². The van der Waals surface area contributed by atoms with E-state index in [1.165, 1.54) is 9.80 Å². The minimum absolute atomic E-state index is 0.255. The van der Waals surface area contributed by atoms with Crippen molar-refractivity contribution in [2.75, 3.05) is 19.6 Å². The third kappa shape index (κ3) is 3.09. The van der Waals surface area contributed by atoms with Crippen molar-refractivity contribution >= 4 is 12.0 Å². The van der Waals surface area contributed by atoms with Crippen LogP contribution < -0.4 is 0 Å². The zero-order chi connectivity index (χ0) is 12.8. The van der Waals surface area contributed by atoms with Gasteiger partial charge in [-0.2, -0.15) is 0 Å². The van der Waals surface area contributed by atoms with E-state index >= 15 is 0 Å². The lowest BCUT2D eigenvalue weighted by atomic mass is 10.2. The fraction of sp³-hybridized carbons (Fsp3) is 0.500. The maximum absolute atomic E-state index is 12.1. The molecule has 5 nitrogen and oxygen atoms in total. The van der Waals surface area contributed by atoms with E-state index in [1.54, 1.807) is 12.2 Å². The van der Waals surface area contributed by atoms with E-state index in [0.717, 1.165) is 6.42 Å². The Morgan fingerprint density at radius 3 is 2.41 bits per heavy atom. The van der Waals surface area contributed by atoms with Gasteiger partial charge in [0.1, 0.15) is 6.04 Å². The molecule has 0 aromatic carbocycles. The van der Waals surface area contributed by atoms with Gasteiger partial charge in [-0.05, 0) is 12.8 Å². The van der Waals surface area contributed by atoms with E-state index in [9.17, 15) is 9.59 Å². The molecule has 1 saturated heterocycles. The van der Waals surface area contributed by atoms with E-state index in [2.05, 4.69) is 13.2 Å². The highest BCUT2D eigenvalue weighted by atomic mass is 16.4. The largest absolute Gasteiger partial charge is 0.480 e. The van der Waals surface area contributed by atoms with Gasteiger partial charge in [-0.25, -0.2) is 9.59 Å². The first-order valence-electron chi connectivity index (χ1n) is 5.62. The molecule has 1 rings (SSSR count). The molecule has 1 aliphatic rings. The van der Waals surface area contributed by atoms with Gasteiger partial charge in [0, 0.05) is 19.6 Å². The second-order valence-electron chi connectivity index (χ2n) is 3.95. The number of hydrogen-bond acceptors (Lipinski definition) is 2. The summed E-state index contributed by atoms with van der Waals surface area (Å²) >= 11 is 0. The van der Waals surface area contributed by atoms with Crippen molar-refractivity contribution in [1.82, 2.24) is 9.80 Å². The van der Waals surface area contributed by atoms with Crippen LogP contribution in [0.15, 0.2) is 25.3 Å².